The van der Waals surface area contributed by atoms with Gasteiger partial charge >= 0.3 is 0 Å². The number of rotatable bonds is 6. The summed E-state index contributed by atoms with van der Waals surface area (Å²) in [6.45, 7) is 2.68. The minimum atomic E-state index is -0.210. The van der Waals surface area contributed by atoms with Crippen molar-refractivity contribution in [2.24, 2.45) is 5.92 Å². The molecule has 2 rings (SSSR count). The van der Waals surface area contributed by atoms with Crippen molar-refractivity contribution < 1.29 is 14.3 Å². The highest BCUT2D eigenvalue weighted by Gasteiger charge is 2.24. The van der Waals surface area contributed by atoms with Crippen LogP contribution in [0.15, 0.2) is 24.3 Å². The molecular formula is C17H25N3O3. The number of hydrogen-bond donors (Lipinski definition) is 2. The number of amides is 2. The van der Waals surface area contributed by atoms with E-state index >= 15 is 0 Å². The monoisotopic (exact) mass is 319 g/mol. The summed E-state index contributed by atoms with van der Waals surface area (Å²) in [7, 11) is 3.61. The van der Waals surface area contributed by atoms with E-state index in [0.29, 0.717) is 24.4 Å². The number of nitrogens with one attached hydrogen (secondary N) is 2. The Hall–Kier alpha value is -1.92. The first kappa shape index (κ1) is 17.4. The topological polar surface area (TPSA) is 70.7 Å². The lowest BCUT2D eigenvalue weighted by Gasteiger charge is -2.28. The average Bonchev–Trinajstić information content (AvgIpc) is 2.55. The molecule has 1 aromatic carbocycles. The van der Waals surface area contributed by atoms with Crippen LogP contribution < -0.4 is 10.6 Å². The van der Waals surface area contributed by atoms with Gasteiger partial charge in [-0.2, -0.15) is 0 Å². The van der Waals surface area contributed by atoms with Crippen LogP contribution in [0.1, 0.15) is 23.2 Å². The molecule has 0 aliphatic carbocycles. The van der Waals surface area contributed by atoms with Gasteiger partial charge in [0.2, 0.25) is 5.91 Å². The van der Waals surface area contributed by atoms with Gasteiger partial charge in [0, 0.05) is 20.2 Å². The number of methoxy groups -OCH3 is 1. The van der Waals surface area contributed by atoms with E-state index in [0.717, 1.165) is 25.9 Å². The Balaban J connectivity index is 2.02. The average molecular weight is 319 g/mol. The van der Waals surface area contributed by atoms with Crippen molar-refractivity contribution in [2.75, 3.05) is 45.7 Å². The molecule has 2 amide bonds. The first-order chi connectivity index (χ1) is 11.1. The lowest BCUT2D eigenvalue weighted by Crippen LogP contribution is -2.38. The molecular weight excluding hydrogens is 294 g/mol. The summed E-state index contributed by atoms with van der Waals surface area (Å²) in [5.41, 5.74) is 1.03. The van der Waals surface area contributed by atoms with E-state index in [9.17, 15) is 9.59 Å². The van der Waals surface area contributed by atoms with Crippen molar-refractivity contribution in [2.45, 2.75) is 12.8 Å². The third-order valence-electron chi connectivity index (χ3n) is 4.02. The molecule has 126 valence electrons. The smallest absolute Gasteiger partial charge is 0.253 e. The van der Waals surface area contributed by atoms with Gasteiger partial charge in [-0.3, -0.25) is 9.59 Å². The fraction of sp³-hybridized carbons (Fsp3) is 0.529. The van der Waals surface area contributed by atoms with Crippen LogP contribution in [0.25, 0.3) is 0 Å². The quantitative estimate of drug-likeness (QED) is 0.776. The Kier molecular flexibility index (Phi) is 6.55. The number of piperidine rings is 1. The number of benzene rings is 1. The van der Waals surface area contributed by atoms with Gasteiger partial charge in [0.25, 0.3) is 5.91 Å². The van der Waals surface area contributed by atoms with Crippen molar-refractivity contribution in [3.63, 3.8) is 0 Å². The van der Waals surface area contributed by atoms with Crippen molar-refractivity contribution in [1.82, 2.24) is 10.2 Å². The van der Waals surface area contributed by atoms with Crippen LogP contribution in [0, 0.1) is 5.92 Å². The molecule has 1 heterocycles. The SMILES string of the molecule is COCCNC(=O)c1ccccc1NC(=O)[C@H]1CCCN(C)C1. The number of ether oxygens (including phenoxy) is 1. The normalized spacial score (nSPS) is 18.4. The molecule has 1 fully saturated rings. The summed E-state index contributed by atoms with van der Waals surface area (Å²) in [6, 6.07) is 7.07. The summed E-state index contributed by atoms with van der Waals surface area (Å²) < 4.78 is 4.92. The summed E-state index contributed by atoms with van der Waals surface area (Å²) >= 11 is 0. The molecule has 1 saturated heterocycles. The Morgan fingerprint density at radius 1 is 1.35 bits per heavy atom. The molecule has 1 aromatic rings. The van der Waals surface area contributed by atoms with Gasteiger partial charge in [0.05, 0.1) is 23.8 Å². The predicted molar refractivity (Wildman–Crippen MR) is 89.5 cm³/mol. The molecule has 2 N–H and O–H groups in total. The van der Waals surface area contributed by atoms with Gasteiger partial charge in [-0.05, 0) is 38.6 Å². The van der Waals surface area contributed by atoms with Gasteiger partial charge in [-0.15, -0.1) is 0 Å². The number of likely N-dealkylation sites (tertiary alicyclic amines) is 1. The highest BCUT2D eigenvalue weighted by atomic mass is 16.5. The predicted octanol–water partition coefficient (Wildman–Crippen LogP) is 1.34. The fourth-order valence-electron chi connectivity index (χ4n) is 2.77. The highest BCUT2D eigenvalue weighted by Crippen LogP contribution is 2.20. The van der Waals surface area contributed by atoms with Crippen LogP contribution in [0.2, 0.25) is 0 Å². The molecule has 1 aliphatic heterocycles. The standard InChI is InChI=1S/C17H25N3O3/c1-20-10-5-6-13(12-20)16(21)19-15-8-4-3-7-14(15)17(22)18-9-11-23-2/h3-4,7-8,13H,5-6,9-12H2,1-2H3,(H,18,22)(H,19,21)/t13-/m0/s1. The van der Waals surface area contributed by atoms with E-state index in [1.165, 1.54) is 0 Å². The van der Waals surface area contributed by atoms with Crippen LogP contribution in [0.3, 0.4) is 0 Å². The van der Waals surface area contributed by atoms with E-state index in [2.05, 4.69) is 15.5 Å². The maximum absolute atomic E-state index is 12.5. The number of anilines is 1. The fourth-order valence-corrected chi connectivity index (χ4v) is 2.77. The zero-order chi connectivity index (χ0) is 16.7. The zero-order valence-electron chi connectivity index (χ0n) is 13.8. The van der Waals surface area contributed by atoms with Crippen LogP contribution in [0.5, 0.6) is 0 Å². The lowest BCUT2D eigenvalue weighted by molar-refractivity contribution is -0.121. The molecule has 0 bridgehead atoms. The molecule has 0 aromatic heterocycles. The van der Waals surface area contributed by atoms with Crippen molar-refractivity contribution >= 4 is 17.5 Å². The third kappa shape index (κ3) is 5.04. The largest absolute Gasteiger partial charge is 0.383 e. The molecule has 0 radical (unpaired) electrons. The lowest BCUT2D eigenvalue weighted by atomic mass is 9.97. The van der Waals surface area contributed by atoms with Gasteiger partial charge in [-0.1, -0.05) is 12.1 Å². The number of carbonyl (C=O) groups excluding carboxylic acids is 2. The molecule has 6 nitrogen and oxygen atoms in total. The minimum Gasteiger partial charge on any atom is -0.383 e. The van der Waals surface area contributed by atoms with Crippen molar-refractivity contribution in [3.05, 3.63) is 29.8 Å². The number of nitrogens with zero attached hydrogens (tertiary/aromatic N) is 1. The molecule has 0 saturated carbocycles. The molecule has 1 atom stereocenters. The van der Waals surface area contributed by atoms with Gasteiger partial charge in [-0.25, -0.2) is 0 Å². The van der Waals surface area contributed by atoms with E-state index < -0.39 is 0 Å². The van der Waals surface area contributed by atoms with Gasteiger partial charge < -0.3 is 20.3 Å². The zero-order valence-corrected chi connectivity index (χ0v) is 13.8. The summed E-state index contributed by atoms with van der Waals surface area (Å²) in [5.74, 6) is -0.259. The van der Waals surface area contributed by atoms with Gasteiger partial charge in [0.15, 0.2) is 0 Å². The van der Waals surface area contributed by atoms with Crippen LogP contribution in [0.4, 0.5) is 5.69 Å². The third-order valence-corrected chi connectivity index (χ3v) is 4.02. The van der Waals surface area contributed by atoms with Crippen LogP contribution in [-0.2, 0) is 9.53 Å². The van der Waals surface area contributed by atoms with Crippen LogP contribution in [-0.4, -0.2) is 57.1 Å². The Morgan fingerprint density at radius 2 is 2.13 bits per heavy atom. The summed E-state index contributed by atoms with van der Waals surface area (Å²) in [5, 5.41) is 5.69. The molecule has 0 spiro atoms. The van der Waals surface area contributed by atoms with E-state index in [4.69, 9.17) is 4.74 Å². The number of hydrogen-bond acceptors (Lipinski definition) is 4. The second-order valence-corrected chi connectivity index (χ2v) is 5.88. The Morgan fingerprint density at radius 3 is 2.87 bits per heavy atom. The minimum absolute atomic E-state index is 0.0197. The van der Waals surface area contributed by atoms with Gasteiger partial charge in [0.1, 0.15) is 0 Å². The molecule has 1 aliphatic rings. The Bertz CT molecular complexity index is 548. The molecule has 0 unspecified atom stereocenters. The van der Waals surface area contributed by atoms with Crippen LogP contribution >= 0.6 is 0 Å². The van der Waals surface area contributed by atoms with E-state index in [1.54, 1.807) is 25.3 Å². The highest BCUT2D eigenvalue weighted by molar-refractivity contribution is 6.04. The van der Waals surface area contributed by atoms with E-state index in [1.807, 2.05) is 13.1 Å². The van der Waals surface area contributed by atoms with Crippen molar-refractivity contribution in [3.8, 4) is 0 Å². The summed E-state index contributed by atoms with van der Waals surface area (Å²) in [6.07, 6.45) is 1.91. The first-order valence-corrected chi connectivity index (χ1v) is 7.97. The number of para-hydroxylation sites is 1. The number of carbonyl (C=O) groups is 2. The summed E-state index contributed by atoms with van der Waals surface area (Å²) in [4.78, 5) is 26.8. The molecule has 6 heteroatoms. The second-order valence-electron chi connectivity index (χ2n) is 5.88. The van der Waals surface area contributed by atoms with E-state index in [-0.39, 0.29) is 17.7 Å². The second kappa shape index (κ2) is 8.64. The Labute approximate surface area is 137 Å². The molecule has 23 heavy (non-hydrogen) atoms. The van der Waals surface area contributed by atoms with Crippen molar-refractivity contribution in [1.29, 1.82) is 0 Å². The maximum atomic E-state index is 12.5. The first-order valence-electron chi connectivity index (χ1n) is 7.97. The maximum Gasteiger partial charge on any atom is 0.253 e.